The van der Waals surface area contributed by atoms with Crippen LogP contribution in [0.4, 0.5) is 0 Å². The van der Waals surface area contributed by atoms with E-state index in [4.69, 9.17) is 16.7 Å². The van der Waals surface area contributed by atoms with E-state index in [1.54, 1.807) is 18.2 Å². The molecule has 21 heavy (non-hydrogen) atoms. The Hall–Kier alpha value is -1.97. The molecule has 1 aromatic carbocycles. The molecular weight excluding hydrogens is 286 g/mol. The van der Waals surface area contributed by atoms with Gasteiger partial charge in [-0.25, -0.2) is 0 Å². The number of Topliss-reactive ketones (excluding diaryl/α,β-unsaturated/α-hetero) is 1. The minimum atomic E-state index is -1.31. The molecule has 2 rings (SSSR count). The van der Waals surface area contributed by atoms with E-state index in [9.17, 15) is 9.00 Å². The maximum absolute atomic E-state index is 12.1. The van der Waals surface area contributed by atoms with Gasteiger partial charge in [-0.3, -0.25) is 9.00 Å². The second kappa shape index (κ2) is 6.20. The molecule has 110 valence electrons. The molecule has 0 aliphatic heterocycles. The molecule has 6 heteroatoms. The molecule has 2 atom stereocenters. The molecule has 0 saturated carbocycles. The van der Waals surface area contributed by atoms with Crippen LogP contribution in [0.5, 0.6) is 0 Å². The average Bonchev–Trinajstić information content (AvgIpc) is 2.46. The summed E-state index contributed by atoms with van der Waals surface area (Å²) in [5.41, 5.74) is 14.1. The van der Waals surface area contributed by atoms with Gasteiger partial charge in [-0.05, 0) is 30.5 Å². The molecule has 1 aliphatic rings. The van der Waals surface area contributed by atoms with E-state index in [1.807, 2.05) is 6.07 Å². The van der Waals surface area contributed by atoms with E-state index >= 15 is 0 Å². The Morgan fingerprint density at radius 3 is 2.67 bits per heavy atom. The Labute approximate surface area is 126 Å². The lowest BCUT2D eigenvalue weighted by Crippen LogP contribution is -2.27. The van der Waals surface area contributed by atoms with Gasteiger partial charge >= 0.3 is 0 Å². The number of nitrogens with two attached hydrogens (primary N) is 2. The minimum absolute atomic E-state index is 0.0524. The highest BCUT2D eigenvalue weighted by atomic mass is 32.2. The van der Waals surface area contributed by atoms with Crippen molar-refractivity contribution in [1.82, 2.24) is 0 Å². The number of rotatable bonds is 3. The molecule has 0 saturated heterocycles. The molecule has 2 unspecified atom stereocenters. The molecule has 0 radical (unpaired) electrons. The fourth-order valence-corrected chi connectivity index (χ4v) is 3.35. The molecule has 1 aliphatic carbocycles. The predicted octanol–water partition coefficient (Wildman–Crippen LogP) is 1.26. The molecule has 0 amide bonds. The highest BCUT2D eigenvalue weighted by Crippen LogP contribution is 2.31. The van der Waals surface area contributed by atoms with Gasteiger partial charge in [-0.15, -0.1) is 0 Å². The number of carbonyl (C=O) groups excluding carboxylic acids is 1. The van der Waals surface area contributed by atoms with Gasteiger partial charge in [-0.1, -0.05) is 6.07 Å². The zero-order chi connectivity index (χ0) is 15.6. The lowest BCUT2D eigenvalue weighted by molar-refractivity contribution is -0.116. The molecule has 0 heterocycles. The summed E-state index contributed by atoms with van der Waals surface area (Å²) < 4.78 is 11.9. The predicted molar refractivity (Wildman–Crippen MR) is 80.5 cm³/mol. The second-order valence-electron chi connectivity index (χ2n) is 5.01. The summed E-state index contributed by atoms with van der Waals surface area (Å²) in [6.45, 7) is 0. The van der Waals surface area contributed by atoms with E-state index in [0.29, 0.717) is 40.1 Å². The number of hydrogen-bond donors (Lipinski definition) is 2. The SMILES string of the molecule is CS(=O)c1cc(C#N)ccc1C(N)C1=C(N)CCCC1=O. The molecule has 0 fully saturated rings. The zero-order valence-corrected chi connectivity index (χ0v) is 12.6. The van der Waals surface area contributed by atoms with Crippen molar-refractivity contribution in [1.29, 1.82) is 5.26 Å². The van der Waals surface area contributed by atoms with Crippen molar-refractivity contribution < 1.29 is 9.00 Å². The number of nitriles is 1. The van der Waals surface area contributed by atoms with Gasteiger partial charge in [0.2, 0.25) is 0 Å². The maximum atomic E-state index is 12.1. The Bertz CT molecular complexity index is 689. The number of allylic oxidation sites excluding steroid dienone is 1. The van der Waals surface area contributed by atoms with Gasteiger partial charge in [0.05, 0.1) is 28.5 Å². The van der Waals surface area contributed by atoms with Crippen LogP contribution < -0.4 is 11.5 Å². The van der Waals surface area contributed by atoms with Gasteiger partial charge in [0.1, 0.15) is 0 Å². The Kier molecular flexibility index (Phi) is 4.56. The van der Waals surface area contributed by atoms with Crippen LogP contribution in [0, 0.1) is 11.3 Å². The summed E-state index contributed by atoms with van der Waals surface area (Å²) in [6, 6.07) is 6.11. The van der Waals surface area contributed by atoms with Crippen molar-refractivity contribution in [2.75, 3.05) is 6.26 Å². The first kappa shape index (κ1) is 15.4. The van der Waals surface area contributed by atoms with E-state index < -0.39 is 16.8 Å². The Morgan fingerprint density at radius 2 is 2.10 bits per heavy atom. The zero-order valence-electron chi connectivity index (χ0n) is 11.8. The second-order valence-corrected chi connectivity index (χ2v) is 6.36. The first-order chi connectivity index (χ1) is 9.95. The van der Waals surface area contributed by atoms with Crippen LogP contribution in [0.2, 0.25) is 0 Å². The lowest BCUT2D eigenvalue weighted by atomic mass is 9.87. The van der Waals surface area contributed by atoms with E-state index in [-0.39, 0.29) is 5.78 Å². The monoisotopic (exact) mass is 303 g/mol. The number of carbonyl (C=O) groups is 1. The number of ketones is 1. The minimum Gasteiger partial charge on any atom is -0.402 e. The first-order valence-corrected chi connectivity index (χ1v) is 8.16. The quantitative estimate of drug-likeness (QED) is 0.873. The highest BCUT2D eigenvalue weighted by molar-refractivity contribution is 7.84. The van der Waals surface area contributed by atoms with Gasteiger partial charge in [-0.2, -0.15) is 5.26 Å². The normalized spacial score (nSPS) is 18.2. The average molecular weight is 303 g/mol. The van der Waals surface area contributed by atoms with Crippen LogP contribution in [0.1, 0.15) is 36.4 Å². The Morgan fingerprint density at radius 1 is 1.38 bits per heavy atom. The molecule has 0 bridgehead atoms. The molecule has 4 N–H and O–H groups in total. The fraction of sp³-hybridized carbons (Fsp3) is 0.333. The third-order valence-electron chi connectivity index (χ3n) is 3.59. The van der Waals surface area contributed by atoms with Crippen molar-refractivity contribution in [3.05, 3.63) is 40.6 Å². The third-order valence-corrected chi connectivity index (χ3v) is 4.57. The lowest BCUT2D eigenvalue weighted by Gasteiger charge is -2.23. The molecule has 0 spiro atoms. The highest BCUT2D eigenvalue weighted by Gasteiger charge is 2.27. The summed E-state index contributed by atoms with van der Waals surface area (Å²) in [7, 11) is -1.31. The third kappa shape index (κ3) is 3.04. The van der Waals surface area contributed by atoms with Gasteiger partial charge < -0.3 is 11.5 Å². The fourth-order valence-electron chi connectivity index (χ4n) is 2.53. The first-order valence-electron chi connectivity index (χ1n) is 6.60. The molecular formula is C15H17N3O2S. The topological polar surface area (TPSA) is 110 Å². The van der Waals surface area contributed by atoms with Crippen LogP contribution in [0.15, 0.2) is 34.4 Å². The van der Waals surface area contributed by atoms with Gasteiger partial charge in [0.15, 0.2) is 5.78 Å². The molecule has 0 aromatic heterocycles. The number of hydrogen-bond acceptors (Lipinski definition) is 5. The number of nitrogens with zero attached hydrogens (tertiary/aromatic N) is 1. The van der Waals surface area contributed by atoms with Crippen LogP contribution in [-0.4, -0.2) is 16.2 Å². The number of benzene rings is 1. The standard InChI is InChI=1S/C15H17N3O2S/c1-21(20)13-7-9(8-16)5-6-10(13)15(18)14-11(17)3-2-4-12(14)19/h5-7,15H,2-4,17-18H2,1H3. The van der Waals surface area contributed by atoms with Crippen molar-refractivity contribution in [2.24, 2.45) is 11.5 Å². The summed E-state index contributed by atoms with van der Waals surface area (Å²) in [4.78, 5) is 12.6. The molecule has 1 aromatic rings. The van der Waals surface area contributed by atoms with E-state index in [0.717, 1.165) is 6.42 Å². The van der Waals surface area contributed by atoms with Crippen molar-refractivity contribution >= 4 is 16.6 Å². The van der Waals surface area contributed by atoms with Crippen LogP contribution in [-0.2, 0) is 15.6 Å². The Balaban J connectivity index is 2.53. The van der Waals surface area contributed by atoms with Crippen LogP contribution in [0.3, 0.4) is 0 Å². The largest absolute Gasteiger partial charge is 0.402 e. The van der Waals surface area contributed by atoms with Gasteiger partial charge in [0.25, 0.3) is 0 Å². The van der Waals surface area contributed by atoms with Crippen LogP contribution in [0.25, 0.3) is 0 Å². The van der Waals surface area contributed by atoms with Crippen molar-refractivity contribution in [2.45, 2.75) is 30.2 Å². The van der Waals surface area contributed by atoms with Gasteiger partial charge in [0, 0.05) is 28.8 Å². The summed E-state index contributed by atoms with van der Waals surface area (Å²) in [5.74, 6) is -0.0524. The maximum Gasteiger partial charge on any atom is 0.162 e. The van der Waals surface area contributed by atoms with E-state index in [2.05, 4.69) is 0 Å². The summed E-state index contributed by atoms with van der Waals surface area (Å²) in [6.07, 6.45) is 3.34. The van der Waals surface area contributed by atoms with Crippen LogP contribution >= 0.6 is 0 Å². The van der Waals surface area contributed by atoms with E-state index in [1.165, 1.54) is 6.26 Å². The summed E-state index contributed by atoms with van der Waals surface area (Å²) in [5, 5.41) is 8.94. The van der Waals surface area contributed by atoms with Crippen molar-refractivity contribution in [3.8, 4) is 6.07 Å². The molecule has 5 nitrogen and oxygen atoms in total. The summed E-state index contributed by atoms with van der Waals surface area (Å²) >= 11 is 0. The smallest absolute Gasteiger partial charge is 0.162 e. The van der Waals surface area contributed by atoms with Crippen molar-refractivity contribution in [3.63, 3.8) is 0 Å².